The van der Waals surface area contributed by atoms with Crippen LogP contribution in [0.1, 0.15) is 54.4 Å². The Labute approximate surface area is 166 Å². The van der Waals surface area contributed by atoms with Crippen LogP contribution in [-0.4, -0.2) is 20.3 Å². The van der Waals surface area contributed by atoms with Crippen LogP contribution in [0.4, 0.5) is 0 Å². The van der Waals surface area contributed by atoms with E-state index in [0.29, 0.717) is 5.92 Å². The van der Waals surface area contributed by atoms with E-state index in [0.717, 1.165) is 17.9 Å². The predicted octanol–water partition coefficient (Wildman–Crippen LogP) is 6.00. The van der Waals surface area contributed by atoms with Crippen molar-refractivity contribution in [2.45, 2.75) is 43.8 Å². The molecular weight excluding hydrogens is 348 g/mol. The monoisotopic (exact) mass is 374 g/mol. The first kappa shape index (κ1) is 17.6. The molecule has 3 heteroatoms. The minimum Gasteiger partial charge on any atom is -0.493 e. The Kier molecular flexibility index (Phi) is 4.48. The van der Waals surface area contributed by atoms with E-state index in [9.17, 15) is 0 Å². The molecule has 0 unspecified atom stereocenters. The molecule has 3 atom stereocenters. The van der Waals surface area contributed by atoms with Crippen LogP contribution in [0.15, 0.2) is 54.6 Å². The van der Waals surface area contributed by atoms with Gasteiger partial charge in [-0.25, -0.2) is 0 Å². The highest BCUT2D eigenvalue weighted by Crippen LogP contribution is 2.50. The van der Waals surface area contributed by atoms with Gasteiger partial charge < -0.3 is 14.2 Å². The van der Waals surface area contributed by atoms with E-state index in [-0.39, 0.29) is 12.2 Å². The summed E-state index contributed by atoms with van der Waals surface area (Å²) in [5, 5.41) is 2.50. The number of benzene rings is 3. The van der Waals surface area contributed by atoms with Gasteiger partial charge in [0.15, 0.2) is 11.5 Å². The quantitative estimate of drug-likeness (QED) is 0.562. The molecule has 0 aromatic heterocycles. The Hall–Kier alpha value is -2.52. The topological polar surface area (TPSA) is 27.7 Å². The zero-order valence-electron chi connectivity index (χ0n) is 16.5. The summed E-state index contributed by atoms with van der Waals surface area (Å²) >= 11 is 0. The first-order valence-corrected chi connectivity index (χ1v) is 10.2. The average Bonchev–Trinajstić information content (AvgIpc) is 2.77. The molecule has 0 bridgehead atoms. The van der Waals surface area contributed by atoms with Crippen LogP contribution in [-0.2, 0) is 4.74 Å². The normalized spacial score (nSPS) is 23.7. The molecule has 1 heterocycles. The number of fused-ring (bicyclic) bond motifs is 4. The molecule has 3 nitrogen and oxygen atoms in total. The molecule has 1 saturated carbocycles. The van der Waals surface area contributed by atoms with E-state index in [1.807, 2.05) is 0 Å². The van der Waals surface area contributed by atoms with Crippen molar-refractivity contribution in [1.82, 2.24) is 0 Å². The van der Waals surface area contributed by atoms with Gasteiger partial charge in [-0.1, -0.05) is 55.3 Å². The molecule has 0 amide bonds. The summed E-state index contributed by atoms with van der Waals surface area (Å²) in [6.45, 7) is 0. The third-order valence-corrected chi connectivity index (χ3v) is 6.39. The largest absolute Gasteiger partial charge is 0.493 e. The molecule has 1 aliphatic heterocycles. The molecule has 0 spiro atoms. The molecule has 3 aromatic carbocycles. The summed E-state index contributed by atoms with van der Waals surface area (Å²) in [5.74, 6) is 2.02. The summed E-state index contributed by atoms with van der Waals surface area (Å²) in [6, 6.07) is 19.4. The fraction of sp³-hybridized carbons (Fsp3) is 0.360. The first-order valence-electron chi connectivity index (χ1n) is 10.2. The fourth-order valence-electron chi connectivity index (χ4n) is 5.04. The van der Waals surface area contributed by atoms with Crippen molar-refractivity contribution in [1.29, 1.82) is 0 Å². The molecule has 0 radical (unpaired) electrons. The second-order valence-corrected chi connectivity index (χ2v) is 7.85. The van der Waals surface area contributed by atoms with Crippen LogP contribution in [0, 0.1) is 0 Å². The summed E-state index contributed by atoms with van der Waals surface area (Å²) < 4.78 is 18.0. The Bertz CT molecular complexity index is 1000. The number of ether oxygens (including phenoxy) is 3. The number of hydrogen-bond donors (Lipinski definition) is 0. The molecular formula is C25H26O3. The lowest BCUT2D eigenvalue weighted by Crippen LogP contribution is -2.33. The Balaban J connectivity index is 1.73. The van der Waals surface area contributed by atoms with Gasteiger partial charge >= 0.3 is 0 Å². The van der Waals surface area contributed by atoms with Crippen molar-refractivity contribution in [3.05, 3.63) is 71.3 Å². The molecule has 1 aliphatic carbocycles. The highest BCUT2D eigenvalue weighted by molar-refractivity contribution is 5.86. The van der Waals surface area contributed by atoms with Crippen molar-refractivity contribution >= 4 is 10.8 Å². The van der Waals surface area contributed by atoms with E-state index in [1.165, 1.54) is 46.7 Å². The number of methoxy groups -OCH3 is 2. The van der Waals surface area contributed by atoms with Crippen molar-refractivity contribution in [2.75, 3.05) is 14.2 Å². The van der Waals surface area contributed by atoms with E-state index in [1.54, 1.807) is 14.2 Å². The highest BCUT2D eigenvalue weighted by Gasteiger charge is 2.39. The van der Waals surface area contributed by atoms with Crippen molar-refractivity contribution in [3.8, 4) is 11.5 Å². The molecule has 1 fully saturated rings. The van der Waals surface area contributed by atoms with Crippen LogP contribution in [0.2, 0.25) is 0 Å². The third kappa shape index (κ3) is 2.77. The van der Waals surface area contributed by atoms with E-state index in [2.05, 4.69) is 54.6 Å². The molecule has 28 heavy (non-hydrogen) atoms. The predicted molar refractivity (Wildman–Crippen MR) is 111 cm³/mol. The van der Waals surface area contributed by atoms with Gasteiger partial charge in [0, 0.05) is 5.92 Å². The van der Waals surface area contributed by atoms with Gasteiger partial charge in [0.25, 0.3) is 0 Å². The van der Waals surface area contributed by atoms with Crippen LogP contribution in [0.25, 0.3) is 10.8 Å². The Morgan fingerprint density at radius 3 is 2.32 bits per heavy atom. The summed E-state index contributed by atoms with van der Waals surface area (Å²) in [4.78, 5) is 0. The van der Waals surface area contributed by atoms with Gasteiger partial charge in [0.05, 0.1) is 20.3 Å². The molecule has 144 valence electrons. The second-order valence-electron chi connectivity index (χ2n) is 7.85. The second kappa shape index (κ2) is 7.14. The zero-order valence-corrected chi connectivity index (χ0v) is 16.5. The third-order valence-electron chi connectivity index (χ3n) is 6.39. The minimum absolute atomic E-state index is 0.0831. The van der Waals surface area contributed by atoms with Crippen LogP contribution in [0.5, 0.6) is 11.5 Å². The SMILES string of the molecule is COc1cc2c(cc1OC)[C@H]1CCCC[C@@H]1O[C@@H]2c1cccc2ccccc12. The van der Waals surface area contributed by atoms with Crippen LogP contribution < -0.4 is 9.47 Å². The Morgan fingerprint density at radius 2 is 1.50 bits per heavy atom. The number of rotatable bonds is 3. The maximum Gasteiger partial charge on any atom is 0.161 e. The maximum absolute atomic E-state index is 6.79. The number of hydrogen-bond acceptors (Lipinski definition) is 3. The van der Waals surface area contributed by atoms with Gasteiger partial charge in [-0.2, -0.15) is 0 Å². The molecule has 0 saturated heterocycles. The van der Waals surface area contributed by atoms with Gasteiger partial charge in [-0.15, -0.1) is 0 Å². The first-order chi connectivity index (χ1) is 13.8. The van der Waals surface area contributed by atoms with Crippen LogP contribution >= 0.6 is 0 Å². The molecule has 2 aliphatic rings. The van der Waals surface area contributed by atoms with Gasteiger partial charge in [-0.05, 0) is 52.4 Å². The summed E-state index contributed by atoms with van der Waals surface area (Å²) in [6.07, 6.45) is 4.99. The van der Waals surface area contributed by atoms with Gasteiger partial charge in [-0.3, -0.25) is 0 Å². The van der Waals surface area contributed by atoms with E-state index >= 15 is 0 Å². The summed E-state index contributed by atoms with van der Waals surface area (Å²) in [5.41, 5.74) is 3.82. The van der Waals surface area contributed by atoms with Crippen molar-refractivity contribution < 1.29 is 14.2 Å². The standard InChI is InChI=1S/C25H26O3/c1-26-23-14-20-18-11-5-6-13-22(18)28-25(21(20)15-24(23)27-2)19-12-7-9-16-8-3-4-10-17(16)19/h3-4,7-10,12,14-15,18,22,25H,5-6,11,13H2,1-2H3/t18-,22+,25-/m1/s1. The van der Waals surface area contributed by atoms with Crippen LogP contribution in [0.3, 0.4) is 0 Å². The lowest BCUT2D eigenvalue weighted by Gasteiger charge is -2.42. The van der Waals surface area contributed by atoms with Gasteiger partial charge in [0.1, 0.15) is 6.10 Å². The highest BCUT2D eigenvalue weighted by atomic mass is 16.5. The molecule has 5 rings (SSSR count). The van der Waals surface area contributed by atoms with E-state index < -0.39 is 0 Å². The molecule has 3 aromatic rings. The lowest BCUT2D eigenvalue weighted by atomic mass is 9.75. The minimum atomic E-state index is -0.0831. The maximum atomic E-state index is 6.79. The van der Waals surface area contributed by atoms with Crippen molar-refractivity contribution in [3.63, 3.8) is 0 Å². The Morgan fingerprint density at radius 1 is 0.786 bits per heavy atom. The van der Waals surface area contributed by atoms with E-state index in [4.69, 9.17) is 14.2 Å². The smallest absolute Gasteiger partial charge is 0.161 e. The van der Waals surface area contributed by atoms with Gasteiger partial charge in [0.2, 0.25) is 0 Å². The lowest BCUT2D eigenvalue weighted by molar-refractivity contribution is -0.0385. The fourth-order valence-corrected chi connectivity index (χ4v) is 5.04. The molecule has 0 N–H and O–H groups in total. The zero-order chi connectivity index (χ0) is 19.1. The average molecular weight is 374 g/mol. The van der Waals surface area contributed by atoms with Crippen molar-refractivity contribution in [2.24, 2.45) is 0 Å². The summed E-state index contributed by atoms with van der Waals surface area (Å²) in [7, 11) is 3.41.